The summed E-state index contributed by atoms with van der Waals surface area (Å²) in [6.45, 7) is 0.416. The largest absolute Gasteiger partial charge is 0.350 e. The summed E-state index contributed by atoms with van der Waals surface area (Å²) in [4.78, 5) is 27.9. The lowest BCUT2D eigenvalue weighted by Gasteiger charge is -2.00. The molecule has 0 aliphatic rings. The molecule has 0 spiro atoms. The van der Waals surface area contributed by atoms with Gasteiger partial charge in [0.25, 0.3) is 0 Å². The summed E-state index contributed by atoms with van der Waals surface area (Å²) < 4.78 is 2.81. The van der Waals surface area contributed by atoms with Gasteiger partial charge in [-0.05, 0) is 6.42 Å². The van der Waals surface area contributed by atoms with Crippen molar-refractivity contribution in [2.75, 3.05) is 0 Å². The van der Waals surface area contributed by atoms with Gasteiger partial charge in [-0.2, -0.15) is 0 Å². The third kappa shape index (κ3) is 2.74. The highest BCUT2D eigenvalue weighted by molar-refractivity contribution is 5.95. The maximum Gasteiger partial charge on any atom is 0.350 e. The predicted molar refractivity (Wildman–Crippen MR) is 77.3 cm³/mol. The van der Waals surface area contributed by atoms with E-state index in [4.69, 9.17) is 0 Å². The van der Waals surface area contributed by atoms with E-state index in [-0.39, 0.29) is 11.5 Å². The van der Waals surface area contributed by atoms with Crippen LogP contribution in [0, 0.1) is 0 Å². The van der Waals surface area contributed by atoms with Crippen molar-refractivity contribution >= 4 is 11.4 Å². The molecule has 0 amide bonds. The molecule has 3 aromatic rings. The molecule has 1 aromatic carbocycles. The number of aryl methyl sites for hydroxylation is 1. The van der Waals surface area contributed by atoms with Crippen molar-refractivity contribution < 1.29 is 4.79 Å². The third-order valence-electron chi connectivity index (χ3n) is 3.26. The maximum atomic E-state index is 12.0. The fourth-order valence-corrected chi connectivity index (χ4v) is 2.18. The molecule has 6 nitrogen and oxygen atoms in total. The zero-order valence-corrected chi connectivity index (χ0v) is 11.3. The normalized spacial score (nSPS) is 10.9. The minimum Gasteiger partial charge on any atom is -0.294 e. The number of aromatic nitrogens is 4. The number of carbonyl (C=O) groups excluding carboxylic acids is 1. The van der Waals surface area contributed by atoms with Crippen molar-refractivity contribution in [2.24, 2.45) is 0 Å². The molecule has 106 valence electrons. The number of nitrogens with zero attached hydrogens (tertiary/aromatic N) is 4. The molecule has 0 N–H and O–H groups in total. The summed E-state index contributed by atoms with van der Waals surface area (Å²) in [5, 5.41) is 4.18. The fourth-order valence-electron chi connectivity index (χ4n) is 2.18. The first kappa shape index (κ1) is 13.2. The smallest absolute Gasteiger partial charge is 0.294 e. The molecule has 2 heterocycles. The van der Waals surface area contributed by atoms with E-state index in [9.17, 15) is 9.59 Å². The number of rotatable bonds is 5. The zero-order chi connectivity index (χ0) is 14.7. The van der Waals surface area contributed by atoms with Crippen LogP contribution >= 0.6 is 0 Å². The highest BCUT2D eigenvalue weighted by Gasteiger charge is 2.08. The van der Waals surface area contributed by atoms with Crippen LogP contribution in [-0.2, 0) is 6.54 Å². The Balaban J connectivity index is 1.66. The van der Waals surface area contributed by atoms with Gasteiger partial charge in [-0.1, -0.05) is 30.3 Å². The molecule has 3 rings (SSSR count). The zero-order valence-electron chi connectivity index (χ0n) is 11.3. The van der Waals surface area contributed by atoms with Gasteiger partial charge in [0.2, 0.25) is 0 Å². The van der Waals surface area contributed by atoms with Gasteiger partial charge in [0.05, 0.1) is 6.20 Å². The molecule has 0 bridgehead atoms. The van der Waals surface area contributed by atoms with Gasteiger partial charge in [-0.25, -0.2) is 13.9 Å². The van der Waals surface area contributed by atoms with Crippen LogP contribution in [0.2, 0.25) is 0 Å². The number of fused-ring (bicyclic) bond motifs is 1. The number of Topliss-reactive ketones (excluding diaryl/α,β-unsaturated/α-hetero) is 1. The summed E-state index contributed by atoms with van der Waals surface area (Å²) in [6.07, 6.45) is 5.62. The topological polar surface area (TPSA) is 69.3 Å². The number of ketones is 1. The Morgan fingerprint density at radius 3 is 2.76 bits per heavy atom. The second kappa shape index (κ2) is 5.70. The lowest BCUT2D eigenvalue weighted by molar-refractivity contribution is 0.0978. The first-order valence-electron chi connectivity index (χ1n) is 6.73. The van der Waals surface area contributed by atoms with Crippen molar-refractivity contribution in [2.45, 2.75) is 19.4 Å². The molecule has 0 aliphatic carbocycles. The van der Waals surface area contributed by atoms with Crippen molar-refractivity contribution in [3.8, 4) is 0 Å². The predicted octanol–water partition coefficient (Wildman–Crippen LogP) is 1.55. The van der Waals surface area contributed by atoms with E-state index in [1.165, 1.54) is 15.3 Å². The molecular weight excluding hydrogens is 268 g/mol. The van der Waals surface area contributed by atoms with Crippen LogP contribution in [0.4, 0.5) is 0 Å². The summed E-state index contributed by atoms with van der Waals surface area (Å²) >= 11 is 0. The molecule has 0 atom stereocenters. The first-order chi connectivity index (χ1) is 10.3. The van der Waals surface area contributed by atoms with Crippen LogP contribution in [0.25, 0.3) is 5.65 Å². The van der Waals surface area contributed by atoms with Gasteiger partial charge in [0, 0.05) is 30.9 Å². The van der Waals surface area contributed by atoms with Gasteiger partial charge >= 0.3 is 5.69 Å². The molecule has 2 aromatic heterocycles. The van der Waals surface area contributed by atoms with Crippen LogP contribution < -0.4 is 5.69 Å². The quantitative estimate of drug-likeness (QED) is 0.666. The third-order valence-corrected chi connectivity index (χ3v) is 3.26. The van der Waals surface area contributed by atoms with E-state index in [0.29, 0.717) is 30.6 Å². The molecule has 21 heavy (non-hydrogen) atoms. The number of hydrogen-bond acceptors (Lipinski definition) is 4. The maximum absolute atomic E-state index is 12.0. The highest BCUT2D eigenvalue weighted by atomic mass is 16.2. The summed E-state index contributed by atoms with van der Waals surface area (Å²) in [6, 6.07) is 9.15. The second-order valence-corrected chi connectivity index (χ2v) is 4.70. The van der Waals surface area contributed by atoms with Crippen LogP contribution in [0.3, 0.4) is 0 Å². The van der Waals surface area contributed by atoms with Crippen LogP contribution in [0.5, 0.6) is 0 Å². The average molecular weight is 282 g/mol. The summed E-state index contributed by atoms with van der Waals surface area (Å²) in [5.74, 6) is 0.0779. The number of carbonyl (C=O) groups is 1. The van der Waals surface area contributed by atoms with Crippen LogP contribution in [0.1, 0.15) is 23.2 Å². The lowest BCUT2D eigenvalue weighted by atomic mass is 10.1. The Morgan fingerprint density at radius 1 is 1.19 bits per heavy atom. The Hall–Kier alpha value is -2.76. The van der Waals surface area contributed by atoms with E-state index >= 15 is 0 Å². The highest BCUT2D eigenvalue weighted by Crippen LogP contribution is 2.05. The Bertz CT molecular complexity index is 820. The fraction of sp³-hybridized carbons (Fsp3) is 0.200. The Labute approximate surface area is 120 Å². The summed E-state index contributed by atoms with van der Waals surface area (Å²) in [5.41, 5.74) is 1.00. The summed E-state index contributed by atoms with van der Waals surface area (Å²) in [7, 11) is 0. The van der Waals surface area contributed by atoms with Gasteiger partial charge in [-0.3, -0.25) is 9.78 Å². The van der Waals surface area contributed by atoms with Crippen molar-refractivity contribution in [1.82, 2.24) is 19.2 Å². The van der Waals surface area contributed by atoms with Gasteiger partial charge in [0.1, 0.15) is 0 Å². The van der Waals surface area contributed by atoms with Crippen molar-refractivity contribution in [1.29, 1.82) is 0 Å². The van der Waals surface area contributed by atoms with E-state index in [1.807, 2.05) is 18.2 Å². The molecule has 0 radical (unpaired) electrons. The lowest BCUT2D eigenvalue weighted by Crippen LogP contribution is -2.21. The van der Waals surface area contributed by atoms with E-state index in [1.54, 1.807) is 24.5 Å². The minimum absolute atomic E-state index is 0.0779. The van der Waals surface area contributed by atoms with Crippen LogP contribution in [0.15, 0.2) is 53.7 Å². The average Bonchev–Trinajstić information content (AvgIpc) is 2.85. The first-order valence-corrected chi connectivity index (χ1v) is 6.73. The minimum atomic E-state index is -0.209. The monoisotopic (exact) mass is 282 g/mol. The molecular formula is C15H14N4O2. The SMILES string of the molecule is O=C(CCCn1nc2cnccn2c1=O)c1ccccc1. The van der Waals surface area contributed by atoms with Crippen molar-refractivity contribution in [3.05, 3.63) is 65.0 Å². The molecule has 0 unspecified atom stereocenters. The number of hydrogen-bond donors (Lipinski definition) is 0. The molecule has 0 saturated carbocycles. The van der Waals surface area contributed by atoms with Crippen LogP contribution in [-0.4, -0.2) is 24.9 Å². The molecule has 0 saturated heterocycles. The molecule has 6 heteroatoms. The van der Waals surface area contributed by atoms with Gasteiger partial charge < -0.3 is 0 Å². The Kier molecular flexibility index (Phi) is 3.59. The van der Waals surface area contributed by atoms with Crippen molar-refractivity contribution in [3.63, 3.8) is 0 Å². The standard InChI is InChI=1S/C15H14N4O2/c20-13(12-5-2-1-3-6-12)7-4-9-19-15(21)18-10-8-16-11-14(18)17-19/h1-3,5-6,8,10-11H,4,7,9H2. The Morgan fingerprint density at radius 2 is 2.00 bits per heavy atom. The number of benzene rings is 1. The second-order valence-electron chi connectivity index (χ2n) is 4.70. The van der Waals surface area contributed by atoms with E-state index in [2.05, 4.69) is 10.1 Å². The van der Waals surface area contributed by atoms with Gasteiger partial charge in [0.15, 0.2) is 11.4 Å². The molecule has 0 aliphatic heterocycles. The van der Waals surface area contributed by atoms with E-state index < -0.39 is 0 Å². The van der Waals surface area contributed by atoms with E-state index in [0.717, 1.165) is 0 Å². The molecule has 0 fully saturated rings. The van der Waals surface area contributed by atoms with Gasteiger partial charge in [-0.15, -0.1) is 5.10 Å².